The second-order valence-electron chi connectivity index (χ2n) is 5.78. The van der Waals surface area contributed by atoms with Crippen LogP contribution >= 0.6 is 0 Å². The first-order valence-electron chi connectivity index (χ1n) is 7.53. The van der Waals surface area contributed by atoms with Crippen molar-refractivity contribution in [3.05, 3.63) is 35.4 Å². The summed E-state index contributed by atoms with van der Waals surface area (Å²) < 4.78 is 26.8. The summed E-state index contributed by atoms with van der Waals surface area (Å²) in [5.41, 5.74) is 6.29. The van der Waals surface area contributed by atoms with Crippen LogP contribution in [0.15, 0.2) is 18.2 Å². The Hall–Kier alpha value is -1.00. The van der Waals surface area contributed by atoms with Crippen LogP contribution in [0.4, 0.5) is 8.78 Å². The zero-order chi connectivity index (χ0) is 14.5. The summed E-state index contributed by atoms with van der Waals surface area (Å²) in [6, 6.07) is 3.78. The van der Waals surface area contributed by atoms with Gasteiger partial charge in [-0.3, -0.25) is 0 Å². The zero-order valence-corrected chi connectivity index (χ0v) is 12.1. The van der Waals surface area contributed by atoms with Crippen LogP contribution in [-0.4, -0.2) is 24.5 Å². The first-order chi connectivity index (χ1) is 9.61. The van der Waals surface area contributed by atoms with Crippen molar-refractivity contribution in [1.82, 2.24) is 4.90 Å². The molecular weight excluding hydrogens is 258 g/mol. The highest BCUT2D eigenvalue weighted by molar-refractivity contribution is 5.22. The molecule has 2 nitrogen and oxygen atoms in total. The molecule has 1 fully saturated rings. The lowest BCUT2D eigenvalue weighted by molar-refractivity contribution is 0.305. The maximum atomic E-state index is 13.6. The van der Waals surface area contributed by atoms with Crippen LogP contribution in [0, 0.1) is 17.6 Å². The van der Waals surface area contributed by atoms with Gasteiger partial charge in [0.2, 0.25) is 0 Å². The fourth-order valence-corrected chi connectivity index (χ4v) is 3.04. The van der Waals surface area contributed by atoms with E-state index in [1.165, 1.54) is 25.3 Å². The van der Waals surface area contributed by atoms with Crippen LogP contribution < -0.4 is 5.73 Å². The predicted molar refractivity (Wildman–Crippen MR) is 77.4 cm³/mol. The molecule has 2 unspecified atom stereocenters. The molecule has 4 heteroatoms. The topological polar surface area (TPSA) is 29.3 Å². The van der Waals surface area contributed by atoms with E-state index in [4.69, 9.17) is 5.73 Å². The minimum atomic E-state index is -0.817. The highest BCUT2D eigenvalue weighted by Crippen LogP contribution is 2.24. The van der Waals surface area contributed by atoms with E-state index in [-0.39, 0.29) is 5.56 Å². The van der Waals surface area contributed by atoms with E-state index in [2.05, 4.69) is 11.8 Å². The lowest BCUT2D eigenvalue weighted by Gasteiger charge is -2.19. The van der Waals surface area contributed by atoms with E-state index in [0.29, 0.717) is 6.42 Å². The van der Waals surface area contributed by atoms with Gasteiger partial charge in [0, 0.05) is 18.2 Å². The molecule has 112 valence electrons. The molecule has 0 radical (unpaired) electrons. The minimum Gasteiger partial charge on any atom is -0.324 e. The Morgan fingerprint density at radius 2 is 2.20 bits per heavy atom. The molecule has 1 aromatic carbocycles. The molecule has 1 aliphatic rings. The van der Waals surface area contributed by atoms with Crippen molar-refractivity contribution in [2.45, 2.75) is 38.6 Å². The molecule has 1 aromatic rings. The second-order valence-corrected chi connectivity index (χ2v) is 5.78. The molecule has 1 saturated heterocycles. The molecule has 2 rings (SSSR count). The molecule has 1 heterocycles. The number of nitrogens with zero attached hydrogens (tertiary/aromatic N) is 1. The number of hydrogen-bond acceptors (Lipinski definition) is 2. The largest absolute Gasteiger partial charge is 0.324 e. The van der Waals surface area contributed by atoms with Gasteiger partial charge in [0.15, 0.2) is 11.6 Å². The summed E-state index contributed by atoms with van der Waals surface area (Å²) in [4.78, 5) is 2.39. The fourth-order valence-electron chi connectivity index (χ4n) is 3.04. The third-order valence-electron chi connectivity index (χ3n) is 4.20. The van der Waals surface area contributed by atoms with Crippen molar-refractivity contribution in [3.8, 4) is 0 Å². The van der Waals surface area contributed by atoms with Gasteiger partial charge in [-0.25, -0.2) is 8.78 Å². The molecule has 1 aliphatic heterocycles. The van der Waals surface area contributed by atoms with Crippen LogP contribution in [0.25, 0.3) is 0 Å². The van der Waals surface area contributed by atoms with E-state index in [1.807, 2.05) is 0 Å². The lowest BCUT2D eigenvalue weighted by atomic mass is 10.0. The predicted octanol–water partition coefficient (Wildman–Crippen LogP) is 3.48. The average Bonchev–Trinajstić information content (AvgIpc) is 2.87. The molecule has 20 heavy (non-hydrogen) atoms. The molecular formula is C16H24F2N2. The van der Waals surface area contributed by atoms with Gasteiger partial charge >= 0.3 is 0 Å². The van der Waals surface area contributed by atoms with Gasteiger partial charge in [0.25, 0.3) is 0 Å². The monoisotopic (exact) mass is 282 g/mol. The Labute approximate surface area is 120 Å². The number of halogens is 2. The molecule has 0 spiro atoms. The summed E-state index contributed by atoms with van der Waals surface area (Å²) in [5, 5.41) is 0. The number of hydrogen-bond donors (Lipinski definition) is 1. The van der Waals surface area contributed by atoms with Crippen molar-refractivity contribution in [3.63, 3.8) is 0 Å². The maximum Gasteiger partial charge on any atom is 0.163 e. The third-order valence-corrected chi connectivity index (χ3v) is 4.20. The van der Waals surface area contributed by atoms with Crippen LogP contribution in [0.2, 0.25) is 0 Å². The second kappa shape index (κ2) is 7.14. The summed E-state index contributed by atoms with van der Waals surface area (Å²) in [5.74, 6) is -0.824. The normalized spacial score (nSPS) is 21.3. The van der Waals surface area contributed by atoms with Gasteiger partial charge < -0.3 is 10.6 Å². The molecule has 0 bridgehead atoms. The number of benzene rings is 1. The number of likely N-dealkylation sites (tertiary alicyclic amines) is 1. The quantitative estimate of drug-likeness (QED) is 0.865. The lowest BCUT2D eigenvalue weighted by Crippen LogP contribution is -2.26. The molecule has 2 N–H and O–H groups in total. The molecule has 0 aliphatic carbocycles. The Morgan fingerprint density at radius 1 is 1.40 bits per heavy atom. The van der Waals surface area contributed by atoms with Crippen LogP contribution in [-0.2, 0) is 0 Å². The van der Waals surface area contributed by atoms with Crippen LogP contribution in [0.1, 0.15) is 44.2 Å². The molecule has 2 atom stereocenters. The van der Waals surface area contributed by atoms with Crippen molar-refractivity contribution in [1.29, 1.82) is 0 Å². The first kappa shape index (κ1) is 15.4. The molecule has 0 saturated carbocycles. The summed E-state index contributed by atoms with van der Waals surface area (Å²) in [6.07, 6.45) is 4.42. The standard InChI is InChI=1S/C16H24F2N2/c1-2-4-12-7-9-20(11-12)10-8-15(19)13-5-3-6-14(17)16(13)18/h3,5-6,12,15H,2,4,7-11,19H2,1H3. The Kier molecular flexibility index (Phi) is 5.49. The Bertz CT molecular complexity index is 436. The fraction of sp³-hybridized carbons (Fsp3) is 0.625. The first-order valence-corrected chi connectivity index (χ1v) is 7.53. The van der Waals surface area contributed by atoms with Gasteiger partial charge in [0.05, 0.1) is 0 Å². The van der Waals surface area contributed by atoms with Gasteiger partial charge in [-0.2, -0.15) is 0 Å². The third kappa shape index (κ3) is 3.76. The Morgan fingerprint density at radius 3 is 2.95 bits per heavy atom. The van der Waals surface area contributed by atoms with Crippen LogP contribution in [0.5, 0.6) is 0 Å². The molecule has 0 amide bonds. The van der Waals surface area contributed by atoms with Gasteiger partial charge in [-0.15, -0.1) is 0 Å². The van der Waals surface area contributed by atoms with E-state index >= 15 is 0 Å². The van der Waals surface area contributed by atoms with E-state index in [9.17, 15) is 8.78 Å². The van der Waals surface area contributed by atoms with E-state index in [1.54, 1.807) is 6.07 Å². The summed E-state index contributed by atoms with van der Waals surface area (Å²) >= 11 is 0. The van der Waals surface area contributed by atoms with Crippen molar-refractivity contribution in [2.75, 3.05) is 19.6 Å². The highest BCUT2D eigenvalue weighted by Gasteiger charge is 2.22. The van der Waals surface area contributed by atoms with Crippen molar-refractivity contribution >= 4 is 0 Å². The summed E-state index contributed by atoms with van der Waals surface area (Å²) in [7, 11) is 0. The van der Waals surface area contributed by atoms with Crippen molar-refractivity contribution < 1.29 is 8.78 Å². The summed E-state index contributed by atoms with van der Waals surface area (Å²) in [6.45, 7) is 5.29. The van der Waals surface area contributed by atoms with Crippen LogP contribution in [0.3, 0.4) is 0 Å². The van der Waals surface area contributed by atoms with Gasteiger partial charge in [-0.05, 0) is 44.3 Å². The van der Waals surface area contributed by atoms with Gasteiger partial charge in [-0.1, -0.05) is 25.5 Å². The Balaban J connectivity index is 1.84. The van der Waals surface area contributed by atoms with Crippen molar-refractivity contribution in [2.24, 2.45) is 11.7 Å². The highest BCUT2D eigenvalue weighted by atomic mass is 19.2. The van der Waals surface area contributed by atoms with E-state index in [0.717, 1.165) is 31.6 Å². The minimum absolute atomic E-state index is 0.286. The maximum absolute atomic E-state index is 13.6. The smallest absolute Gasteiger partial charge is 0.163 e. The zero-order valence-electron chi connectivity index (χ0n) is 12.1. The number of rotatable bonds is 6. The molecule has 0 aromatic heterocycles. The van der Waals surface area contributed by atoms with E-state index < -0.39 is 17.7 Å². The average molecular weight is 282 g/mol. The van der Waals surface area contributed by atoms with Gasteiger partial charge in [0.1, 0.15) is 0 Å². The number of nitrogens with two attached hydrogens (primary N) is 1. The SMILES string of the molecule is CCCC1CCN(CCC(N)c2cccc(F)c2F)C1.